The molecule has 0 spiro atoms. The molecule has 0 aromatic heterocycles. The molecule has 1 N–H and O–H groups in total. The van der Waals surface area contributed by atoms with E-state index in [1.807, 2.05) is 17.0 Å². The van der Waals surface area contributed by atoms with Gasteiger partial charge < -0.3 is 15.0 Å². The van der Waals surface area contributed by atoms with Crippen LogP contribution in [-0.2, 0) is 9.53 Å². The Balaban J connectivity index is 1.63. The van der Waals surface area contributed by atoms with Gasteiger partial charge in [-0.15, -0.1) is 0 Å². The smallest absolute Gasteiger partial charge is 0.340 e. The molecule has 0 unspecified atom stereocenters. The van der Waals surface area contributed by atoms with Gasteiger partial charge in [0.1, 0.15) is 0 Å². The van der Waals surface area contributed by atoms with Crippen molar-refractivity contribution in [2.75, 3.05) is 25.5 Å². The Hall–Kier alpha value is -2.04. The van der Waals surface area contributed by atoms with Gasteiger partial charge in [-0.25, -0.2) is 4.79 Å². The van der Waals surface area contributed by atoms with Crippen molar-refractivity contribution in [3.8, 4) is 0 Å². The first-order chi connectivity index (χ1) is 11.7. The molecule has 1 saturated carbocycles. The number of para-hydroxylation sites is 1. The van der Waals surface area contributed by atoms with E-state index in [4.69, 9.17) is 4.74 Å². The number of benzene rings is 1. The summed E-state index contributed by atoms with van der Waals surface area (Å²) in [6, 6.07) is 7.41. The molecule has 1 aromatic carbocycles. The van der Waals surface area contributed by atoms with Crippen molar-refractivity contribution < 1.29 is 14.3 Å². The van der Waals surface area contributed by atoms with E-state index in [1.54, 1.807) is 19.2 Å². The number of fused-ring (bicyclic) bond motifs is 2. The third-order valence-corrected chi connectivity index (χ3v) is 5.48. The van der Waals surface area contributed by atoms with E-state index in [0.717, 1.165) is 25.8 Å². The lowest BCUT2D eigenvalue weighted by molar-refractivity contribution is -0.135. The van der Waals surface area contributed by atoms with Crippen LogP contribution in [0.25, 0.3) is 0 Å². The highest BCUT2D eigenvalue weighted by Crippen LogP contribution is 2.52. The number of amides is 1. The standard InChI is InChI=1S/C20H28N2O3/c1-19(2)9-14-10-20(3,12-19)13-22(14)17(23)11-25-18(24)15-7-5-6-8-16(15)21-4/h5-8,14,21H,9-13H2,1-4H3/t14-,20-/m1/s1. The predicted molar refractivity (Wildman–Crippen MR) is 97.5 cm³/mol. The quantitative estimate of drug-likeness (QED) is 0.852. The van der Waals surface area contributed by atoms with Gasteiger partial charge in [-0.1, -0.05) is 32.9 Å². The maximum Gasteiger partial charge on any atom is 0.340 e. The Morgan fingerprint density at radius 2 is 1.96 bits per heavy atom. The number of hydrogen-bond donors (Lipinski definition) is 1. The predicted octanol–water partition coefficient (Wildman–Crippen LogP) is 3.31. The number of nitrogens with one attached hydrogen (secondary N) is 1. The van der Waals surface area contributed by atoms with Crippen LogP contribution in [-0.4, -0.2) is 43.0 Å². The number of rotatable bonds is 4. The second-order valence-electron chi connectivity index (χ2n) is 8.61. The Labute approximate surface area is 149 Å². The lowest BCUT2D eigenvalue weighted by atomic mass is 9.65. The van der Waals surface area contributed by atoms with Crippen molar-refractivity contribution in [1.82, 2.24) is 4.90 Å². The Bertz CT molecular complexity index is 685. The number of carbonyl (C=O) groups excluding carboxylic acids is 2. The molecule has 1 saturated heterocycles. The van der Waals surface area contributed by atoms with Crippen molar-refractivity contribution in [3.63, 3.8) is 0 Å². The lowest BCUT2D eigenvalue weighted by Crippen LogP contribution is -2.39. The van der Waals surface area contributed by atoms with E-state index in [9.17, 15) is 9.59 Å². The van der Waals surface area contributed by atoms with Gasteiger partial charge in [0, 0.05) is 25.3 Å². The number of nitrogens with zero attached hydrogens (tertiary/aromatic N) is 1. The maximum atomic E-state index is 12.7. The molecule has 2 atom stereocenters. The van der Waals surface area contributed by atoms with Crippen molar-refractivity contribution in [1.29, 1.82) is 0 Å². The summed E-state index contributed by atoms with van der Waals surface area (Å²) in [6.07, 6.45) is 3.21. The van der Waals surface area contributed by atoms with E-state index >= 15 is 0 Å². The molecule has 5 nitrogen and oxygen atoms in total. The topological polar surface area (TPSA) is 58.6 Å². The van der Waals surface area contributed by atoms with Gasteiger partial charge in [-0.3, -0.25) is 4.79 Å². The van der Waals surface area contributed by atoms with Gasteiger partial charge in [0.15, 0.2) is 6.61 Å². The molecule has 136 valence electrons. The molecule has 5 heteroatoms. The first-order valence-corrected chi connectivity index (χ1v) is 8.96. The van der Waals surface area contributed by atoms with Gasteiger partial charge >= 0.3 is 5.97 Å². The summed E-state index contributed by atoms with van der Waals surface area (Å²) in [5.74, 6) is -0.547. The van der Waals surface area contributed by atoms with Crippen molar-refractivity contribution in [2.24, 2.45) is 10.8 Å². The van der Waals surface area contributed by atoms with Crippen molar-refractivity contribution >= 4 is 17.6 Å². The minimum atomic E-state index is -0.466. The van der Waals surface area contributed by atoms with Crippen molar-refractivity contribution in [2.45, 2.75) is 46.1 Å². The van der Waals surface area contributed by atoms with Gasteiger partial charge in [-0.2, -0.15) is 0 Å². The highest BCUT2D eigenvalue weighted by molar-refractivity contribution is 5.96. The van der Waals surface area contributed by atoms with E-state index in [-0.39, 0.29) is 29.4 Å². The summed E-state index contributed by atoms with van der Waals surface area (Å²) >= 11 is 0. The summed E-state index contributed by atoms with van der Waals surface area (Å²) in [5, 5.41) is 2.97. The van der Waals surface area contributed by atoms with Crippen LogP contribution < -0.4 is 5.32 Å². The van der Waals surface area contributed by atoms with Crippen LogP contribution in [0.4, 0.5) is 5.69 Å². The number of esters is 1. The number of anilines is 1. The van der Waals surface area contributed by atoms with E-state index in [1.165, 1.54) is 0 Å². The van der Waals surface area contributed by atoms with Gasteiger partial charge in [0.2, 0.25) is 0 Å². The molecule has 1 aromatic rings. The fourth-order valence-corrected chi connectivity index (χ4v) is 4.92. The Morgan fingerprint density at radius 1 is 1.24 bits per heavy atom. The minimum Gasteiger partial charge on any atom is -0.452 e. The van der Waals surface area contributed by atoms with E-state index in [2.05, 4.69) is 26.1 Å². The number of ether oxygens (including phenoxy) is 1. The normalized spacial score (nSPS) is 27.0. The average molecular weight is 344 g/mol. The summed E-state index contributed by atoms with van der Waals surface area (Å²) in [5.41, 5.74) is 1.59. The Morgan fingerprint density at radius 3 is 2.68 bits per heavy atom. The second-order valence-corrected chi connectivity index (χ2v) is 8.61. The molecule has 25 heavy (non-hydrogen) atoms. The third-order valence-electron chi connectivity index (χ3n) is 5.48. The summed E-state index contributed by atoms with van der Waals surface area (Å²) in [6.45, 7) is 7.40. The molecule has 0 radical (unpaired) electrons. The van der Waals surface area contributed by atoms with Crippen LogP contribution in [0.1, 0.15) is 50.4 Å². The van der Waals surface area contributed by atoms with E-state index < -0.39 is 5.97 Å². The Kier molecular flexibility index (Phi) is 4.52. The monoisotopic (exact) mass is 344 g/mol. The van der Waals surface area contributed by atoms with E-state index in [0.29, 0.717) is 11.3 Å². The molecular formula is C20H28N2O3. The minimum absolute atomic E-state index is 0.0817. The largest absolute Gasteiger partial charge is 0.452 e. The third kappa shape index (κ3) is 3.65. The summed E-state index contributed by atoms with van der Waals surface area (Å²) in [4.78, 5) is 26.9. The zero-order valence-electron chi connectivity index (χ0n) is 15.6. The number of likely N-dealkylation sites (tertiary alicyclic amines) is 1. The van der Waals surface area contributed by atoms with Crippen LogP contribution in [0.3, 0.4) is 0 Å². The molecule has 2 aliphatic rings. The van der Waals surface area contributed by atoms with Gasteiger partial charge in [0.25, 0.3) is 5.91 Å². The number of carbonyl (C=O) groups is 2. The summed E-state index contributed by atoms with van der Waals surface area (Å²) in [7, 11) is 1.75. The van der Waals surface area contributed by atoms with Crippen LogP contribution in [0.15, 0.2) is 24.3 Å². The lowest BCUT2D eigenvalue weighted by Gasteiger charge is -2.39. The van der Waals surface area contributed by atoms with Crippen LogP contribution >= 0.6 is 0 Å². The zero-order valence-corrected chi connectivity index (χ0v) is 15.6. The van der Waals surface area contributed by atoms with Crippen LogP contribution in [0.2, 0.25) is 0 Å². The highest BCUT2D eigenvalue weighted by Gasteiger charge is 2.50. The van der Waals surface area contributed by atoms with Crippen LogP contribution in [0.5, 0.6) is 0 Å². The maximum absolute atomic E-state index is 12.7. The van der Waals surface area contributed by atoms with Crippen molar-refractivity contribution in [3.05, 3.63) is 29.8 Å². The first-order valence-electron chi connectivity index (χ1n) is 8.96. The molecule has 2 bridgehead atoms. The highest BCUT2D eigenvalue weighted by atomic mass is 16.5. The fraction of sp³-hybridized carbons (Fsp3) is 0.600. The number of hydrogen-bond acceptors (Lipinski definition) is 4. The molecule has 2 fully saturated rings. The first kappa shape index (κ1) is 17.8. The SMILES string of the molecule is CNc1ccccc1C(=O)OCC(=O)N1C[C@]2(C)C[C@H]1CC(C)(C)C2. The zero-order chi connectivity index (χ0) is 18.2. The molecule has 1 aliphatic carbocycles. The van der Waals surface area contributed by atoms with Gasteiger partial charge in [0.05, 0.1) is 5.56 Å². The molecular weight excluding hydrogens is 316 g/mol. The molecule has 1 aliphatic heterocycles. The fourth-order valence-electron chi connectivity index (χ4n) is 4.92. The average Bonchev–Trinajstić information content (AvgIpc) is 2.81. The summed E-state index contributed by atoms with van der Waals surface area (Å²) < 4.78 is 5.31. The molecule has 1 heterocycles. The molecule has 3 rings (SSSR count). The second kappa shape index (κ2) is 6.36. The van der Waals surface area contributed by atoms with Gasteiger partial charge in [-0.05, 0) is 42.2 Å². The molecule has 1 amide bonds. The van der Waals surface area contributed by atoms with Crippen LogP contribution in [0, 0.1) is 10.8 Å².